The van der Waals surface area contributed by atoms with Crippen molar-refractivity contribution >= 4 is 11.5 Å². The summed E-state index contributed by atoms with van der Waals surface area (Å²) in [5.41, 5.74) is 0.136. The van der Waals surface area contributed by atoms with E-state index in [1.54, 1.807) is 12.3 Å². The van der Waals surface area contributed by atoms with Gasteiger partial charge in [-0.1, -0.05) is 6.92 Å². The van der Waals surface area contributed by atoms with Crippen molar-refractivity contribution in [2.75, 3.05) is 25.1 Å². The second-order valence-electron chi connectivity index (χ2n) is 4.90. The molecule has 0 unspecified atom stereocenters. The molecule has 0 atom stereocenters. The molecule has 6 nitrogen and oxygen atoms in total. The van der Waals surface area contributed by atoms with E-state index in [0.717, 1.165) is 26.1 Å². The van der Waals surface area contributed by atoms with Crippen molar-refractivity contribution < 1.29 is 9.66 Å². The van der Waals surface area contributed by atoms with Crippen molar-refractivity contribution in [3.8, 4) is 0 Å². The maximum atomic E-state index is 10.9. The fourth-order valence-corrected chi connectivity index (χ4v) is 2.02. The van der Waals surface area contributed by atoms with Crippen LogP contribution in [0.25, 0.3) is 0 Å². The molecule has 1 aliphatic heterocycles. The molecule has 0 bridgehead atoms. The minimum Gasteiger partial charge on any atom is -0.381 e. The van der Waals surface area contributed by atoms with Crippen LogP contribution in [0, 0.1) is 15.5 Å². The van der Waals surface area contributed by atoms with Crippen LogP contribution in [0.4, 0.5) is 11.5 Å². The van der Waals surface area contributed by atoms with Gasteiger partial charge in [0, 0.05) is 32.0 Å². The van der Waals surface area contributed by atoms with Crippen LogP contribution in [0.15, 0.2) is 18.3 Å². The second-order valence-corrected chi connectivity index (χ2v) is 4.90. The van der Waals surface area contributed by atoms with Crippen LogP contribution < -0.4 is 5.32 Å². The maximum Gasteiger partial charge on any atom is 0.311 e. The quantitative estimate of drug-likeness (QED) is 0.655. The van der Waals surface area contributed by atoms with Crippen LogP contribution in [-0.2, 0) is 4.74 Å². The highest BCUT2D eigenvalue weighted by atomic mass is 16.6. The van der Waals surface area contributed by atoms with Crippen molar-refractivity contribution in [3.05, 3.63) is 28.4 Å². The Morgan fingerprint density at radius 1 is 1.56 bits per heavy atom. The minimum atomic E-state index is -0.415. The van der Waals surface area contributed by atoms with Gasteiger partial charge in [0.15, 0.2) is 0 Å². The lowest BCUT2D eigenvalue weighted by Crippen LogP contribution is -2.33. The number of rotatable bonds is 4. The van der Waals surface area contributed by atoms with Gasteiger partial charge >= 0.3 is 5.69 Å². The molecule has 0 aromatic carbocycles. The SMILES string of the molecule is CC1(CNc2ncccc2[N+](=O)[O-])CCOCC1. The smallest absolute Gasteiger partial charge is 0.311 e. The Morgan fingerprint density at radius 3 is 2.94 bits per heavy atom. The van der Waals surface area contributed by atoms with Crippen LogP contribution in [0.2, 0.25) is 0 Å². The molecular weight excluding hydrogens is 234 g/mol. The van der Waals surface area contributed by atoms with E-state index in [0.29, 0.717) is 12.4 Å². The topological polar surface area (TPSA) is 77.3 Å². The van der Waals surface area contributed by atoms with Gasteiger partial charge in [-0.15, -0.1) is 0 Å². The minimum absolute atomic E-state index is 0.0214. The first-order valence-corrected chi connectivity index (χ1v) is 6.02. The zero-order valence-electron chi connectivity index (χ0n) is 10.4. The number of pyridine rings is 1. The van der Waals surface area contributed by atoms with Crippen LogP contribution >= 0.6 is 0 Å². The zero-order valence-corrected chi connectivity index (χ0v) is 10.4. The first kappa shape index (κ1) is 12.8. The molecule has 18 heavy (non-hydrogen) atoms. The summed E-state index contributed by atoms with van der Waals surface area (Å²) in [4.78, 5) is 14.5. The summed E-state index contributed by atoms with van der Waals surface area (Å²) in [6.07, 6.45) is 3.48. The van der Waals surface area contributed by atoms with Gasteiger partial charge in [-0.2, -0.15) is 0 Å². The predicted molar refractivity (Wildman–Crippen MR) is 67.5 cm³/mol. The third-order valence-corrected chi connectivity index (χ3v) is 3.37. The number of nitrogens with zero attached hydrogens (tertiary/aromatic N) is 2. The molecule has 6 heteroatoms. The van der Waals surface area contributed by atoms with Crippen molar-refractivity contribution in [2.45, 2.75) is 19.8 Å². The highest BCUT2D eigenvalue weighted by Crippen LogP contribution is 2.31. The maximum absolute atomic E-state index is 10.9. The normalized spacial score (nSPS) is 18.3. The van der Waals surface area contributed by atoms with E-state index in [1.807, 2.05) is 0 Å². The molecule has 1 N–H and O–H groups in total. The van der Waals surface area contributed by atoms with Crippen molar-refractivity contribution in [2.24, 2.45) is 5.41 Å². The molecule has 1 aliphatic rings. The Hall–Kier alpha value is -1.69. The molecule has 1 aromatic rings. The summed E-state index contributed by atoms with van der Waals surface area (Å²) in [6.45, 7) is 4.34. The fourth-order valence-electron chi connectivity index (χ4n) is 2.02. The summed E-state index contributed by atoms with van der Waals surface area (Å²) < 4.78 is 5.33. The molecule has 0 radical (unpaired) electrons. The Kier molecular flexibility index (Phi) is 3.76. The largest absolute Gasteiger partial charge is 0.381 e. The molecule has 0 saturated carbocycles. The first-order valence-electron chi connectivity index (χ1n) is 6.02. The Balaban J connectivity index is 2.03. The number of nitrogens with one attached hydrogen (secondary N) is 1. The van der Waals surface area contributed by atoms with Gasteiger partial charge in [0.2, 0.25) is 5.82 Å². The van der Waals surface area contributed by atoms with E-state index >= 15 is 0 Å². The molecule has 98 valence electrons. The van der Waals surface area contributed by atoms with E-state index in [2.05, 4.69) is 17.2 Å². The summed E-state index contributed by atoms with van der Waals surface area (Å²) in [5, 5.41) is 14.0. The highest BCUT2D eigenvalue weighted by Gasteiger charge is 2.28. The Bertz CT molecular complexity index is 430. The number of hydrogen-bond acceptors (Lipinski definition) is 5. The van der Waals surface area contributed by atoms with Crippen LogP contribution in [0.1, 0.15) is 19.8 Å². The van der Waals surface area contributed by atoms with Crippen LogP contribution in [-0.4, -0.2) is 29.7 Å². The summed E-state index contributed by atoms with van der Waals surface area (Å²) in [7, 11) is 0. The number of ether oxygens (including phenoxy) is 1. The van der Waals surface area contributed by atoms with Crippen molar-refractivity contribution in [3.63, 3.8) is 0 Å². The lowest BCUT2D eigenvalue weighted by Gasteiger charge is -2.33. The van der Waals surface area contributed by atoms with Gasteiger partial charge in [0.1, 0.15) is 0 Å². The average molecular weight is 251 g/mol. The third-order valence-electron chi connectivity index (χ3n) is 3.37. The molecule has 2 heterocycles. The van der Waals surface area contributed by atoms with Crippen molar-refractivity contribution in [1.82, 2.24) is 4.98 Å². The van der Waals surface area contributed by atoms with Gasteiger partial charge in [-0.3, -0.25) is 10.1 Å². The first-order chi connectivity index (χ1) is 8.61. The van der Waals surface area contributed by atoms with Crippen molar-refractivity contribution in [1.29, 1.82) is 0 Å². The average Bonchev–Trinajstić information content (AvgIpc) is 2.38. The number of nitro groups is 1. The Morgan fingerprint density at radius 2 is 2.28 bits per heavy atom. The number of aromatic nitrogens is 1. The van der Waals surface area contributed by atoms with E-state index in [9.17, 15) is 10.1 Å². The molecule has 1 saturated heterocycles. The van der Waals surface area contributed by atoms with E-state index in [-0.39, 0.29) is 11.1 Å². The summed E-state index contributed by atoms with van der Waals surface area (Å²) >= 11 is 0. The Labute approximate surface area is 106 Å². The third kappa shape index (κ3) is 2.95. The molecule has 1 aromatic heterocycles. The molecule has 0 spiro atoms. The predicted octanol–water partition coefficient (Wildman–Crippen LogP) is 2.22. The molecule has 1 fully saturated rings. The standard InChI is InChI=1S/C12H17N3O3/c1-12(4-7-18-8-5-12)9-14-11-10(15(16)17)3-2-6-13-11/h2-3,6H,4-5,7-9H2,1H3,(H,13,14). The van der Waals surface area contributed by atoms with Gasteiger partial charge in [-0.05, 0) is 24.3 Å². The van der Waals surface area contributed by atoms with Gasteiger partial charge in [0.25, 0.3) is 0 Å². The van der Waals surface area contributed by atoms with E-state index in [1.165, 1.54) is 6.07 Å². The molecular formula is C12H17N3O3. The van der Waals surface area contributed by atoms with E-state index < -0.39 is 4.92 Å². The fraction of sp³-hybridized carbons (Fsp3) is 0.583. The van der Waals surface area contributed by atoms with Gasteiger partial charge < -0.3 is 10.1 Å². The van der Waals surface area contributed by atoms with Crippen LogP contribution in [0.3, 0.4) is 0 Å². The lowest BCUT2D eigenvalue weighted by atomic mass is 9.82. The molecule has 2 rings (SSSR count). The number of anilines is 1. The highest BCUT2D eigenvalue weighted by molar-refractivity contribution is 5.55. The monoisotopic (exact) mass is 251 g/mol. The zero-order chi connectivity index (χ0) is 13.0. The lowest BCUT2D eigenvalue weighted by molar-refractivity contribution is -0.384. The summed E-state index contributed by atoms with van der Waals surface area (Å²) in [5.74, 6) is 0.343. The van der Waals surface area contributed by atoms with Gasteiger partial charge in [0.05, 0.1) is 4.92 Å². The second kappa shape index (κ2) is 5.30. The number of hydrogen-bond donors (Lipinski definition) is 1. The molecule has 0 aliphatic carbocycles. The van der Waals surface area contributed by atoms with E-state index in [4.69, 9.17) is 4.74 Å². The summed E-state index contributed by atoms with van der Waals surface area (Å²) in [6, 6.07) is 3.03. The molecule has 0 amide bonds. The van der Waals surface area contributed by atoms with Gasteiger partial charge in [-0.25, -0.2) is 4.98 Å². The van der Waals surface area contributed by atoms with Crippen LogP contribution in [0.5, 0.6) is 0 Å².